The minimum Gasteiger partial charge on any atom is -0.494 e. The van der Waals surface area contributed by atoms with Crippen LogP contribution in [0.15, 0.2) is 71.8 Å². The van der Waals surface area contributed by atoms with E-state index in [-0.39, 0.29) is 12.3 Å². The maximum Gasteiger partial charge on any atom is 0.244 e. The summed E-state index contributed by atoms with van der Waals surface area (Å²) in [5.74, 6) is 1.66. The van der Waals surface area contributed by atoms with Crippen molar-refractivity contribution in [2.45, 2.75) is 20.0 Å². The molecule has 0 heterocycles. The Labute approximate surface area is 193 Å². The number of nitriles is 1. The number of nitrogens with zero attached hydrogens (tertiary/aromatic N) is 2. The molecule has 0 bridgehead atoms. The molecule has 0 aliphatic carbocycles. The number of ether oxygens (including phenoxy) is 3. The number of methoxy groups -OCH3 is 1. The van der Waals surface area contributed by atoms with Crippen LogP contribution in [0, 0.1) is 11.3 Å². The van der Waals surface area contributed by atoms with Crippen LogP contribution in [0.4, 0.5) is 0 Å². The van der Waals surface area contributed by atoms with E-state index >= 15 is 0 Å². The largest absolute Gasteiger partial charge is 0.494 e. The second-order valence-corrected chi connectivity index (χ2v) is 7.06. The fraction of sp³-hybridized carbons (Fsp3) is 0.192. The highest BCUT2D eigenvalue weighted by Gasteiger charge is 2.07. The summed E-state index contributed by atoms with van der Waals surface area (Å²) in [4.78, 5) is 12.1. The Bertz CT molecular complexity index is 1150. The van der Waals surface area contributed by atoms with Crippen molar-refractivity contribution in [2.75, 3.05) is 13.7 Å². The van der Waals surface area contributed by atoms with E-state index in [4.69, 9.17) is 19.5 Å². The average Bonchev–Trinajstić information content (AvgIpc) is 2.84. The standard InChI is InChI=1S/C26H25N3O4/c1-3-32-23-10-7-19(8-11-23)15-26(30)29-28-17-21-9-12-24(25(14-21)31-2)33-18-22-6-4-5-20(13-22)16-27/h4-14,17H,3,15,18H2,1-2H3,(H,29,30)/b28-17-. The van der Waals surface area contributed by atoms with Crippen molar-refractivity contribution in [2.24, 2.45) is 5.10 Å². The summed E-state index contributed by atoms with van der Waals surface area (Å²) in [6.07, 6.45) is 1.76. The summed E-state index contributed by atoms with van der Waals surface area (Å²) >= 11 is 0. The topological polar surface area (TPSA) is 92.9 Å². The molecule has 0 atom stereocenters. The Morgan fingerprint density at radius 3 is 2.58 bits per heavy atom. The van der Waals surface area contributed by atoms with Gasteiger partial charge in [0.05, 0.1) is 38.0 Å². The molecule has 1 amide bonds. The summed E-state index contributed by atoms with van der Waals surface area (Å²) < 4.78 is 16.7. The molecule has 7 heteroatoms. The predicted octanol–water partition coefficient (Wildman–Crippen LogP) is 4.24. The zero-order valence-electron chi connectivity index (χ0n) is 18.6. The van der Waals surface area contributed by atoms with Gasteiger partial charge in [-0.1, -0.05) is 24.3 Å². The van der Waals surface area contributed by atoms with Crippen LogP contribution in [-0.2, 0) is 17.8 Å². The van der Waals surface area contributed by atoms with Gasteiger partial charge in [0.25, 0.3) is 0 Å². The van der Waals surface area contributed by atoms with Gasteiger partial charge < -0.3 is 14.2 Å². The number of hydrazone groups is 1. The molecule has 0 unspecified atom stereocenters. The van der Waals surface area contributed by atoms with Crippen molar-refractivity contribution < 1.29 is 19.0 Å². The number of hydrogen-bond acceptors (Lipinski definition) is 6. The van der Waals surface area contributed by atoms with Gasteiger partial charge in [0.1, 0.15) is 12.4 Å². The Kier molecular flexibility index (Phi) is 8.43. The lowest BCUT2D eigenvalue weighted by molar-refractivity contribution is -0.120. The van der Waals surface area contributed by atoms with Gasteiger partial charge in [0, 0.05) is 0 Å². The van der Waals surface area contributed by atoms with Gasteiger partial charge in [-0.05, 0) is 66.1 Å². The molecular weight excluding hydrogens is 418 g/mol. The summed E-state index contributed by atoms with van der Waals surface area (Å²) in [7, 11) is 1.55. The van der Waals surface area contributed by atoms with E-state index in [9.17, 15) is 4.79 Å². The van der Waals surface area contributed by atoms with Crippen molar-refractivity contribution in [1.82, 2.24) is 5.43 Å². The molecule has 3 aromatic carbocycles. The first-order chi connectivity index (χ1) is 16.1. The molecule has 0 spiro atoms. The summed E-state index contributed by atoms with van der Waals surface area (Å²) in [5, 5.41) is 13.0. The lowest BCUT2D eigenvalue weighted by atomic mass is 10.1. The van der Waals surface area contributed by atoms with Crippen LogP contribution in [0.3, 0.4) is 0 Å². The van der Waals surface area contributed by atoms with Crippen molar-refractivity contribution in [3.63, 3.8) is 0 Å². The van der Waals surface area contributed by atoms with Gasteiger partial charge in [0.15, 0.2) is 11.5 Å². The fourth-order valence-electron chi connectivity index (χ4n) is 3.05. The molecule has 168 valence electrons. The maximum atomic E-state index is 12.1. The van der Waals surface area contributed by atoms with Gasteiger partial charge in [-0.3, -0.25) is 4.79 Å². The monoisotopic (exact) mass is 443 g/mol. The Hall–Kier alpha value is -4.31. The lowest BCUT2D eigenvalue weighted by Gasteiger charge is -2.11. The number of rotatable bonds is 10. The van der Waals surface area contributed by atoms with Crippen LogP contribution in [0.5, 0.6) is 17.2 Å². The van der Waals surface area contributed by atoms with Crippen LogP contribution in [0.1, 0.15) is 29.2 Å². The predicted molar refractivity (Wildman–Crippen MR) is 126 cm³/mol. The molecule has 3 aromatic rings. The molecule has 0 aliphatic rings. The number of benzene rings is 3. The molecule has 0 saturated heterocycles. The van der Waals surface area contributed by atoms with E-state index in [0.29, 0.717) is 30.3 Å². The lowest BCUT2D eigenvalue weighted by Crippen LogP contribution is -2.19. The molecule has 7 nitrogen and oxygen atoms in total. The molecule has 3 rings (SSSR count). The second-order valence-electron chi connectivity index (χ2n) is 7.06. The Balaban J connectivity index is 1.55. The number of nitrogens with one attached hydrogen (secondary N) is 1. The zero-order valence-corrected chi connectivity index (χ0v) is 18.6. The number of hydrogen-bond donors (Lipinski definition) is 1. The average molecular weight is 444 g/mol. The summed E-state index contributed by atoms with van der Waals surface area (Å²) in [6, 6.07) is 22.1. The summed E-state index contributed by atoms with van der Waals surface area (Å²) in [6.45, 7) is 2.83. The number of amides is 1. The molecule has 1 N–H and O–H groups in total. The third-order valence-corrected chi connectivity index (χ3v) is 4.64. The highest BCUT2D eigenvalue weighted by atomic mass is 16.5. The van der Waals surface area contributed by atoms with Crippen LogP contribution in [0.2, 0.25) is 0 Å². The van der Waals surface area contributed by atoms with E-state index in [0.717, 1.165) is 22.4 Å². The van der Waals surface area contributed by atoms with Crippen LogP contribution in [0.25, 0.3) is 0 Å². The van der Waals surface area contributed by atoms with Crippen LogP contribution in [-0.4, -0.2) is 25.8 Å². The third kappa shape index (κ3) is 7.11. The molecule has 0 radical (unpaired) electrons. The quantitative estimate of drug-likeness (QED) is 0.374. The van der Waals surface area contributed by atoms with Gasteiger partial charge in [-0.15, -0.1) is 0 Å². The first-order valence-corrected chi connectivity index (χ1v) is 10.4. The Morgan fingerprint density at radius 2 is 1.85 bits per heavy atom. The molecule has 0 fully saturated rings. The van der Waals surface area contributed by atoms with E-state index in [2.05, 4.69) is 16.6 Å². The van der Waals surface area contributed by atoms with Gasteiger partial charge in [0.2, 0.25) is 5.91 Å². The van der Waals surface area contributed by atoms with Crippen LogP contribution < -0.4 is 19.6 Å². The molecule has 0 aliphatic heterocycles. The normalized spacial score (nSPS) is 10.5. The van der Waals surface area contributed by atoms with E-state index < -0.39 is 0 Å². The first-order valence-electron chi connectivity index (χ1n) is 10.4. The first kappa shape index (κ1) is 23.4. The highest BCUT2D eigenvalue weighted by Crippen LogP contribution is 2.28. The van der Waals surface area contributed by atoms with Crippen molar-refractivity contribution in [3.05, 3.63) is 89.0 Å². The van der Waals surface area contributed by atoms with Gasteiger partial charge in [-0.25, -0.2) is 5.43 Å². The van der Waals surface area contributed by atoms with Gasteiger partial charge in [-0.2, -0.15) is 10.4 Å². The van der Waals surface area contributed by atoms with E-state index in [1.54, 1.807) is 37.6 Å². The number of carbonyl (C=O) groups excluding carboxylic acids is 1. The minimum absolute atomic E-state index is 0.215. The molecule has 33 heavy (non-hydrogen) atoms. The van der Waals surface area contributed by atoms with E-state index in [1.807, 2.05) is 49.4 Å². The molecule has 0 saturated carbocycles. The molecule has 0 aromatic heterocycles. The Morgan fingerprint density at radius 1 is 1.03 bits per heavy atom. The number of carbonyl (C=O) groups is 1. The SMILES string of the molecule is CCOc1ccc(CC(=O)N/N=C\c2ccc(OCc3cccc(C#N)c3)c(OC)c2)cc1. The van der Waals surface area contributed by atoms with Crippen molar-refractivity contribution in [3.8, 4) is 23.3 Å². The third-order valence-electron chi connectivity index (χ3n) is 4.64. The molecular formula is C26H25N3O4. The van der Waals surface area contributed by atoms with E-state index in [1.165, 1.54) is 0 Å². The minimum atomic E-state index is -0.220. The van der Waals surface area contributed by atoms with Crippen molar-refractivity contribution >= 4 is 12.1 Å². The zero-order chi connectivity index (χ0) is 23.5. The smallest absolute Gasteiger partial charge is 0.244 e. The fourth-order valence-corrected chi connectivity index (χ4v) is 3.05. The van der Waals surface area contributed by atoms with Crippen molar-refractivity contribution in [1.29, 1.82) is 5.26 Å². The second kappa shape index (κ2) is 11.9. The maximum absolute atomic E-state index is 12.1. The van der Waals surface area contributed by atoms with Gasteiger partial charge >= 0.3 is 0 Å². The van der Waals surface area contributed by atoms with Crippen LogP contribution >= 0.6 is 0 Å². The highest BCUT2D eigenvalue weighted by molar-refractivity contribution is 5.84. The summed E-state index contributed by atoms with van der Waals surface area (Å²) in [5.41, 5.74) is 5.61.